The van der Waals surface area contributed by atoms with E-state index >= 15 is 0 Å². The molecule has 3 N–H and O–H groups in total. The Labute approximate surface area is 124 Å². The molecule has 21 heavy (non-hydrogen) atoms. The molecular weight excluding hydrogens is 272 g/mol. The lowest BCUT2D eigenvalue weighted by atomic mass is 10.1. The molecular formula is C15H22N2O4. The fourth-order valence-electron chi connectivity index (χ4n) is 2.04. The zero-order chi connectivity index (χ0) is 15.7. The average molecular weight is 294 g/mol. The number of amides is 1. The lowest BCUT2D eigenvalue weighted by Crippen LogP contribution is -2.42. The largest absolute Gasteiger partial charge is 0.508 e. The lowest BCUT2D eigenvalue weighted by Gasteiger charge is -2.18. The molecule has 0 spiro atoms. The van der Waals surface area contributed by atoms with Gasteiger partial charge in [-0.3, -0.25) is 4.79 Å². The van der Waals surface area contributed by atoms with Gasteiger partial charge in [0.15, 0.2) is 0 Å². The number of aldehydes is 1. The minimum Gasteiger partial charge on any atom is -0.508 e. The van der Waals surface area contributed by atoms with Gasteiger partial charge >= 0.3 is 0 Å². The Bertz CT molecular complexity index is 477. The van der Waals surface area contributed by atoms with Crippen molar-refractivity contribution >= 4 is 12.2 Å². The first-order valence-corrected chi connectivity index (χ1v) is 6.80. The van der Waals surface area contributed by atoms with Crippen molar-refractivity contribution in [2.45, 2.75) is 32.0 Å². The Morgan fingerprint density at radius 2 is 2.19 bits per heavy atom. The Hall–Kier alpha value is -1.92. The van der Waals surface area contributed by atoms with Gasteiger partial charge in [-0.2, -0.15) is 0 Å². The smallest absolute Gasteiger partial charge is 0.236 e. The number of hydrogen-bond donors (Lipinski definition) is 3. The van der Waals surface area contributed by atoms with E-state index in [4.69, 9.17) is 4.74 Å². The molecule has 6 nitrogen and oxygen atoms in total. The molecule has 1 atom stereocenters. The molecule has 6 heteroatoms. The summed E-state index contributed by atoms with van der Waals surface area (Å²) in [6, 6.07) is 4.58. The Morgan fingerprint density at radius 3 is 2.81 bits per heavy atom. The standard InChI is InChI=1S/C15H22N2O4/c1-16-15(20)14(4-3-7-18)17-9-12-8-13(19)6-5-11(12)10-21-2/h5-8,14,17,19H,3-4,9-10H2,1-2H3,(H,16,20). The summed E-state index contributed by atoms with van der Waals surface area (Å²) < 4.78 is 5.11. The summed E-state index contributed by atoms with van der Waals surface area (Å²) in [4.78, 5) is 22.2. The van der Waals surface area contributed by atoms with Crippen molar-refractivity contribution in [3.05, 3.63) is 29.3 Å². The van der Waals surface area contributed by atoms with Gasteiger partial charge in [-0.15, -0.1) is 0 Å². The normalized spacial score (nSPS) is 11.9. The van der Waals surface area contributed by atoms with Crippen molar-refractivity contribution in [3.63, 3.8) is 0 Å². The number of phenols is 1. The zero-order valence-corrected chi connectivity index (χ0v) is 12.4. The maximum atomic E-state index is 11.8. The quantitative estimate of drug-likeness (QED) is 0.584. The summed E-state index contributed by atoms with van der Waals surface area (Å²) in [6.07, 6.45) is 1.54. The summed E-state index contributed by atoms with van der Waals surface area (Å²) in [6.45, 7) is 0.834. The van der Waals surface area contributed by atoms with E-state index in [1.54, 1.807) is 32.4 Å². The van der Waals surface area contributed by atoms with Gasteiger partial charge in [-0.1, -0.05) is 6.07 Å². The highest BCUT2D eigenvalue weighted by Gasteiger charge is 2.16. The monoisotopic (exact) mass is 294 g/mol. The van der Waals surface area contributed by atoms with E-state index in [1.165, 1.54) is 0 Å². The third-order valence-corrected chi connectivity index (χ3v) is 3.16. The zero-order valence-electron chi connectivity index (χ0n) is 12.4. The van der Waals surface area contributed by atoms with E-state index in [1.807, 2.05) is 0 Å². The highest BCUT2D eigenvalue weighted by molar-refractivity contribution is 5.81. The molecule has 0 radical (unpaired) electrons. The molecule has 0 saturated heterocycles. The molecule has 1 rings (SSSR count). The second kappa shape index (κ2) is 9.10. The van der Waals surface area contributed by atoms with Crippen LogP contribution in [0.5, 0.6) is 5.75 Å². The minimum absolute atomic E-state index is 0.162. The second-order valence-corrected chi connectivity index (χ2v) is 4.68. The van der Waals surface area contributed by atoms with Crippen LogP contribution in [0.3, 0.4) is 0 Å². The summed E-state index contributed by atoms with van der Waals surface area (Å²) in [5.41, 5.74) is 1.80. The average Bonchev–Trinajstić information content (AvgIpc) is 2.49. The van der Waals surface area contributed by atoms with Crippen LogP contribution in [0, 0.1) is 0 Å². The van der Waals surface area contributed by atoms with Crippen molar-refractivity contribution < 1.29 is 19.4 Å². The fourth-order valence-corrected chi connectivity index (χ4v) is 2.04. The fraction of sp³-hybridized carbons (Fsp3) is 0.467. The molecule has 0 bridgehead atoms. The van der Waals surface area contributed by atoms with E-state index < -0.39 is 6.04 Å². The van der Waals surface area contributed by atoms with Gasteiger partial charge in [0.05, 0.1) is 12.6 Å². The van der Waals surface area contributed by atoms with Gasteiger partial charge in [0.1, 0.15) is 12.0 Å². The van der Waals surface area contributed by atoms with Crippen LogP contribution >= 0.6 is 0 Å². The second-order valence-electron chi connectivity index (χ2n) is 4.68. The van der Waals surface area contributed by atoms with Crippen LogP contribution in [0.15, 0.2) is 18.2 Å². The van der Waals surface area contributed by atoms with E-state index in [9.17, 15) is 14.7 Å². The maximum absolute atomic E-state index is 11.8. The van der Waals surface area contributed by atoms with Crippen LogP contribution in [0.1, 0.15) is 24.0 Å². The Morgan fingerprint density at radius 1 is 1.43 bits per heavy atom. The van der Waals surface area contributed by atoms with Gasteiger partial charge in [0.2, 0.25) is 5.91 Å². The molecule has 0 fully saturated rings. The lowest BCUT2D eigenvalue weighted by molar-refractivity contribution is -0.122. The van der Waals surface area contributed by atoms with Crippen molar-refractivity contribution in [1.29, 1.82) is 0 Å². The number of aromatic hydroxyl groups is 1. The molecule has 1 amide bonds. The van der Waals surface area contributed by atoms with Crippen LogP contribution in [-0.4, -0.2) is 37.5 Å². The van der Waals surface area contributed by atoms with E-state index in [0.29, 0.717) is 26.0 Å². The molecule has 116 valence electrons. The predicted molar refractivity (Wildman–Crippen MR) is 78.8 cm³/mol. The minimum atomic E-state index is -0.446. The van der Waals surface area contributed by atoms with Crippen LogP contribution < -0.4 is 10.6 Å². The van der Waals surface area contributed by atoms with Gasteiger partial charge in [-0.25, -0.2) is 0 Å². The van der Waals surface area contributed by atoms with Gasteiger partial charge in [0.25, 0.3) is 0 Å². The summed E-state index contributed by atoms with van der Waals surface area (Å²) in [7, 11) is 3.16. The van der Waals surface area contributed by atoms with Crippen molar-refractivity contribution in [1.82, 2.24) is 10.6 Å². The molecule has 0 saturated carbocycles. The number of methoxy groups -OCH3 is 1. The third kappa shape index (κ3) is 5.53. The molecule has 0 aromatic heterocycles. The number of benzene rings is 1. The molecule has 1 aromatic carbocycles. The first kappa shape index (κ1) is 17.1. The summed E-state index contributed by atoms with van der Waals surface area (Å²) >= 11 is 0. The number of phenolic OH excluding ortho intramolecular Hbond substituents is 1. The Kier molecular flexibility index (Phi) is 7.42. The van der Waals surface area contributed by atoms with Gasteiger partial charge in [-0.05, 0) is 29.7 Å². The number of likely N-dealkylation sites (N-methyl/N-ethyl adjacent to an activating group) is 1. The van der Waals surface area contributed by atoms with E-state index in [0.717, 1.165) is 17.4 Å². The molecule has 0 aliphatic carbocycles. The van der Waals surface area contributed by atoms with Crippen LogP contribution in [0.25, 0.3) is 0 Å². The third-order valence-electron chi connectivity index (χ3n) is 3.16. The summed E-state index contributed by atoms with van der Waals surface area (Å²) in [5.74, 6) is 0.00123. The van der Waals surface area contributed by atoms with Gasteiger partial charge < -0.3 is 25.3 Å². The number of rotatable bonds is 9. The van der Waals surface area contributed by atoms with Crippen molar-refractivity contribution in [2.75, 3.05) is 14.2 Å². The number of hydrogen-bond acceptors (Lipinski definition) is 5. The topological polar surface area (TPSA) is 87.7 Å². The first-order chi connectivity index (χ1) is 10.1. The van der Waals surface area contributed by atoms with E-state index in [2.05, 4.69) is 10.6 Å². The molecule has 1 aromatic rings. The maximum Gasteiger partial charge on any atom is 0.236 e. The predicted octanol–water partition coefficient (Wildman–Crippen LogP) is 0.722. The molecule has 0 aliphatic rings. The highest BCUT2D eigenvalue weighted by Crippen LogP contribution is 2.17. The van der Waals surface area contributed by atoms with Crippen LogP contribution in [-0.2, 0) is 27.5 Å². The van der Waals surface area contributed by atoms with Crippen LogP contribution in [0.4, 0.5) is 0 Å². The molecule has 1 unspecified atom stereocenters. The number of nitrogens with one attached hydrogen (secondary N) is 2. The first-order valence-electron chi connectivity index (χ1n) is 6.80. The number of ether oxygens (including phenoxy) is 1. The Balaban J connectivity index is 2.76. The van der Waals surface area contributed by atoms with Crippen molar-refractivity contribution in [2.24, 2.45) is 0 Å². The molecule has 0 aliphatic heterocycles. The summed E-state index contributed by atoms with van der Waals surface area (Å²) in [5, 5.41) is 15.3. The van der Waals surface area contributed by atoms with E-state index in [-0.39, 0.29) is 11.7 Å². The van der Waals surface area contributed by atoms with Crippen LogP contribution in [0.2, 0.25) is 0 Å². The SMILES string of the molecule is CNC(=O)C(CCC=O)NCc1cc(O)ccc1COC. The van der Waals surface area contributed by atoms with Crippen molar-refractivity contribution in [3.8, 4) is 5.75 Å². The number of carbonyl (C=O) groups excluding carboxylic acids is 2. The van der Waals surface area contributed by atoms with Gasteiger partial charge in [0, 0.05) is 27.1 Å². The molecule has 0 heterocycles. The highest BCUT2D eigenvalue weighted by atomic mass is 16.5. The number of carbonyl (C=O) groups is 2.